The van der Waals surface area contributed by atoms with Gasteiger partial charge in [-0.15, -0.1) is 6.42 Å². The molecule has 0 spiro atoms. The molecule has 0 aromatic heterocycles. The van der Waals surface area contributed by atoms with E-state index < -0.39 is 12.1 Å². The number of benzene rings is 1. The number of para-hydroxylation sites is 1. The summed E-state index contributed by atoms with van der Waals surface area (Å²) in [6, 6.07) is 8.33. The number of likely N-dealkylation sites (tertiary alicyclic amines) is 1. The number of rotatable bonds is 4. The predicted octanol–water partition coefficient (Wildman–Crippen LogP) is 0.477. The van der Waals surface area contributed by atoms with Crippen molar-refractivity contribution >= 4 is 12.2 Å². The van der Waals surface area contributed by atoms with Gasteiger partial charge in [0.05, 0.1) is 6.54 Å². The average Bonchev–Trinajstić information content (AvgIpc) is 2.38. The van der Waals surface area contributed by atoms with Crippen molar-refractivity contribution in [3.63, 3.8) is 0 Å². The molecule has 0 saturated carbocycles. The molecular formula is C13H11NO3. The van der Waals surface area contributed by atoms with E-state index in [1.165, 1.54) is 4.90 Å². The van der Waals surface area contributed by atoms with Gasteiger partial charge in [-0.2, -0.15) is 0 Å². The monoisotopic (exact) mass is 229 g/mol. The smallest absolute Gasteiger partial charge is 0.267 e. The average molecular weight is 229 g/mol. The fraction of sp³-hybridized carbons (Fsp3) is 0.231. The molecule has 0 radical (unpaired) electrons. The molecule has 0 unspecified atom stereocenters. The summed E-state index contributed by atoms with van der Waals surface area (Å²) in [5.74, 6) is 2.66. The van der Waals surface area contributed by atoms with Gasteiger partial charge in [0, 0.05) is 0 Å². The summed E-state index contributed by atoms with van der Waals surface area (Å²) in [4.78, 5) is 23.9. The molecule has 1 aromatic rings. The minimum Gasteiger partial charge on any atom is -0.478 e. The molecule has 1 aromatic carbocycles. The largest absolute Gasteiger partial charge is 0.478 e. The molecule has 1 aliphatic heterocycles. The molecular weight excluding hydrogens is 218 g/mol. The summed E-state index contributed by atoms with van der Waals surface area (Å²) in [5, 5.41) is 0. The Kier molecular flexibility index (Phi) is 3.10. The van der Waals surface area contributed by atoms with E-state index in [-0.39, 0.29) is 12.5 Å². The van der Waals surface area contributed by atoms with Crippen molar-refractivity contribution in [1.82, 2.24) is 4.90 Å². The second-order valence-electron chi connectivity index (χ2n) is 3.65. The first-order valence-corrected chi connectivity index (χ1v) is 5.19. The summed E-state index contributed by atoms with van der Waals surface area (Å²) in [5.41, 5.74) is 0. The standard InChI is InChI=1S/C13H11NO3/c1-2-8-14-11(9-15)12(13(14)16)17-10-6-4-3-5-7-10/h1,3-7,9,11-12H,8H2/t11-,12+/m0/s1. The molecule has 0 N–H and O–H groups in total. The van der Waals surface area contributed by atoms with Crippen LogP contribution in [0.15, 0.2) is 30.3 Å². The highest BCUT2D eigenvalue weighted by molar-refractivity contribution is 5.95. The Morgan fingerprint density at radius 2 is 2.12 bits per heavy atom. The third kappa shape index (κ3) is 2.00. The number of hydrogen-bond acceptors (Lipinski definition) is 3. The summed E-state index contributed by atoms with van der Waals surface area (Å²) < 4.78 is 5.45. The van der Waals surface area contributed by atoms with E-state index in [4.69, 9.17) is 11.2 Å². The maximum absolute atomic E-state index is 11.7. The lowest BCUT2D eigenvalue weighted by molar-refractivity contribution is -0.163. The van der Waals surface area contributed by atoms with Crippen molar-refractivity contribution in [3.8, 4) is 18.1 Å². The molecule has 17 heavy (non-hydrogen) atoms. The Morgan fingerprint density at radius 1 is 1.41 bits per heavy atom. The minimum absolute atomic E-state index is 0.136. The van der Waals surface area contributed by atoms with Crippen LogP contribution in [0, 0.1) is 12.3 Å². The minimum atomic E-state index is -0.747. The molecule has 1 heterocycles. The van der Waals surface area contributed by atoms with E-state index in [0.717, 1.165) is 0 Å². The van der Waals surface area contributed by atoms with Crippen molar-refractivity contribution in [3.05, 3.63) is 30.3 Å². The Hall–Kier alpha value is -2.28. The maximum atomic E-state index is 11.7. The molecule has 1 saturated heterocycles. The van der Waals surface area contributed by atoms with Crippen LogP contribution in [0.3, 0.4) is 0 Å². The van der Waals surface area contributed by atoms with Crippen molar-refractivity contribution in [2.75, 3.05) is 6.54 Å². The van der Waals surface area contributed by atoms with Gasteiger partial charge in [-0.25, -0.2) is 0 Å². The van der Waals surface area contributed by atoms with Gasteiger partial charge >= 0.3 is 0 Å². The highest BCUT2D eigenvalue weighted by atomic mass is 16.5. The van der Waals surface area contributed by atoms with Crippen LogP contribution in [0.5, 0.6) is 5.75 Å². The molecule has 86 valence electrons. The molecule has 0 aliphatic carbocycles. The first-order chi connectivity index (χ1) is 8.27. The molecule has 1 aliphatic rings. The second-order valence-corrected chi connectivity index (χ2v) is 3.65. The van der Waals surface area contributed by atoms with E-state index in [1.807, 2.05) is 6.07 Å². The zero-order chi connectivity index (χ0) is 12.3. The van der Waals surface area contributed by atoms with Crippen LogP contribution >= 0.6 is 0 Å². The van der Waals surface area contributed by atoms with E-state index >= 15 is 0 Å². The van der Waals surface area contributed by atoms with Crippen LogP contribution in [-0.4, -0.2) is 35.8 Å². The van der Waals surface area contributed by atoms with Crippen LogP contribution in [-0.2, 0) is 9.59 Å². The SMILES string of the molecule is C#CCN1C(=O)[C@H](Oc2ccccc2)[C@@H]1C=O. The van der Waals surface area contributed by atoms with Crippen molar-refractivity contribution in [1.29, 1.82) is 0 Å². The van der Waals surface area contributed by atoms with E-state index in [9.17, 15) is 9.59 Å². The van der Waals surface area contributed by atoms with E-state index in [1.54, 1.807) is 24.3 Å². The number of ether oxygens (including phenoxy) is 1. The zero-order valence-corrected chi connectivity index (χ0v) is 9.08. The highest BCUT2D eigenvalue weighted by Crippen LogP contribution is 2.23. The lowest BCUT2D eigenvalue weighted by Crippen LogP contribution is -2.67. The molecule has 1 fully saturated rings. The summed E-state index contributed by atoms with van der Waals surface area (Å²) in [6.45, 7) is 0.136. The van der Waals surface area contributed by atoms with Gasteiger partial charge in [-0.1, -0.05) is 24.1 Å². The van der Waals surface area contributed by atoms with Gasteiger partial charge in [-0.3, -0.25) is 4.79 Å². The van der Waals surface area contributed by atoms with Crippen molar-refractivity contribution < 1.29 is 14.3 Å². The van der Waals surface area contributed by atoms with Gasteiger partial charge in [0.15, 0.2) is 0 Å². The Bertz CT molecular complexity index is 463. The Morgan fingerprint density at radius 3 is 2.71 bits per heavy atom. The van der Waals surface area contributed by atoms with E-state index in [0.29, 0.717) is 12.0 Å². The summed E-state index contributed by atoms with van der Waals surface area (Å²) in [7, 11) is 0. The zero-order valence-electron chi connectivity index (χ0n) is 9.08. The van der Waals surface area contributed by atoms with Crippen LogP contribution in [0.2, 0.25) is 0 Å². The molecule has 2 rings (SSSR count). The fourth-order valence-corrected chi connectivity index (χ4v) is 1.73. The van der Waals surface area contributed by atoms with Gasteiger partial charge in [0.25, 0.3) is 5.91 Å². The number of β-lactam (4-membered cyclic amide) rings is 1. The number of carbonyl (C=O) groups excluding carboxylic acids is 2. The van der Waals surface area contributed by atoms with Crippen LogP contribution < -0.4 is 4.74 Å². The molecule has 4 nitrogen and oxygen atoms in total. The highest BCUT2D eigenvalue weighted by Gasteiger charge is 2.48. The number of aldehydes is 1. The van der Waals surface area contributed by atoms with Gasteiger partial charge < -0.3 is 14.4 Å². The Balaban J connectivity index is 2.06. The lowest BCUT2D eigenvalue weighted by Gasteiger charge is -2.42. The number of nitrogens with zero attached hydrogens (tertiary/aromatic N) is 1. The number of carbonyl (C=O) groups is 2. The fourth-order valence-electron chi connectivity index (χ4n) is 1.73. The van der Waals surface area contributed by atoms with Crippen LogP contribution in [0.4, 0.5) is 0 Å². The van der Waals surface area contributed by atoms with E-state index in [2.05, 4.69) is 5.92 Å². The first kappa shape index (κ1) is 11.2. The summed E-state index contributed by atoms with van der Waals surface area (Å²) in [6.07, 6.45) is 5.06. The lowest BCUT2D eigenvalue weighted by atomic mass is 9.99. The van der Waals surface area contributed by atoms with Gasteiger partial charge in [0.1, 0.15) is 18.1 Å². The Labute approximate surface area is 99.2 Å². The molecule has 2 atom stereocenters. The second kappa shape index (κ2) is 4.71. The topological polar surface area (TPSA) is 46.6 Å². The first-order valence-electron chi connectivity index (χ1n) is 5.19. The normalized spacial score (nSPS) is 22.5. The maximum Gasteiger partial charge on any atom is 0.267 e. The molecule has 4 heteroatoms. The number of terminal acetylenes is 1. The van der Waals surface area contributed by atoms with Crippen LogP contribution in [0.1, 0.15) is 0 Å². The number of amides is 1. The van der Waals surface area contributed by atoms with Crippen molar-refractivity contribution in [2.24, 2.45) is 0 Å². The third-order valence-electron chi connectivity index (χ3n) is 2.60. The summed E-state index contributed by atoms with van der Waals surface area (Å²) >= 11 is 0. The molecule has 0 bridgehead atoms. The van der Waals surface area contributed by atoms with Crippen LogP contribution in [0.25, 0.3) is 0 Å². The van der Waals surface area contributed by atoms with Crippen molar-refractivity contribution in [2.45, 2.75) is 12.1 Å². The number of hydrogen-bond donors (Lipinski definition) is 0. The van der Waals surface area contributed by atoms with Gasteiger partial charge in [-0.05, 0) is 12.1 Å². The quantitative estimate of drug-likeness (QED) is 0.428. The van der Waals surface area contributed by atoms with Gasteiger partial charge in [0.2, 0.25) is 6.10 Å². The predicted molar refractivity (Wildman–Crippen MR) is 61.3 cm³/mol. The third-order valence-corrected chi connectivity index (χ3v) is 2.60. The molecule has 1 amide bonds.